The van der Waals surface area contributed by atoms with Crippen LogP contribution >= 0.6 is 11.6 Å². The summed E-state index contributed by atoms with van der Waals surface area (Å²) in [6, 6.07) is 5.36. The van der Waals surface area contributed by atoms with Crippen molar-refractivity contribution >= 4 is 17.6 Å². The molecule has 0 spiro atoms. The van der Waals surface area contributed by atoms with E-state index in [-0.39, 0.29) is 5.75 Å². The average molecular weight is 404 g/mol. The van der Waals surface area contributed by atoms with Gasteiger partial charge in [-0.05, 0) is 61.6 Å². The van der Waals surface area contributed by atoms with Crippen LogP contribution in [0.5, 0.6) is 11.5 Å². The summed E-state index contributed by atoms with van der Waals surface area (Å²) in [4.78, 5) is 15.5. The van der Waals surface area contributed by atoms with E-state index in [1.165, 1.54) is 19.3 Å². The second-order valence-corrected chi connectivity index (χ2v) is 7.89. The minimum atomic E-state index is -1.04. The fraction of sp³-hybridized carbons (Fsp3) is 0.455. The van der Waals surface area contributed by atoms with E-state index in [9.17, 15) is 9.90 Å². The highest BCUT2D eigenvalue weighted by atomic mass is 35.5. The number of hydrogen-bond donors (Lipinski definition) is 2. The number of rotatable bonds is 6. The summed E-state index contributed by atoms with van der Waals surface area (Å²) in [5, 5.41) is 19.5. The molecule has 0 amide bonds. The van der Waals surface area contributed by atoms with Gasteiger partial charge in [-0.2, -0.15) is 0 Å². The largest absolute Gasteiger partial charge is 0.506 e. The number of carbonyl (C=O) groups is 1. The Morgan fingerprint density at radius 2 is 1.96 bits per heavy atom. The Kier molecular flexibility index (Phi) is 6.45. The topological polar surface area (TPSA) is 79.7 Å². The van der Waals surface area contributed by atoms with Crippen LogP contribution in [0.15, 0.2) is 18.2 Å². The van der Waals surface area contributed by atoms with Crippen molar-refractivity contribution in [2.24, 2.45) is 0 Å². The highest BCUT2D eigenvalue weighted by molar-refractivity contribution is 6.33. The predicted molar refractivity (Wildman–Crippen MR) is 109 cm³/mol. The molecule has 0 bridgehead atoms. The van der Waals surface area contributed by atoms with Gasteiger partial charge in [0.15, 0.2) is 6.61 Å². The third-order valence-corrected chi connectivity index (χ3v) is 5.95. The normalized spacial score (nSPS) is 14.8. The molecule has 2 aromatic rings. The number of aryl methyl sites for hydroxylation is 1. The molecule has 1 aliphatic rings. The zero-order chi connectivity index (χ0) is 20.3. The van der Waals surface area contributed by atoms with Crippen molar-refractivity contribution in [2.45, 2.75) is 58.3 Å². The second-order valence-electron chi connectivity index (χ2n) is 7.51. The molecule has 1 heterocycles. The molecular weight excluding hydrogens is 378 g/mol. The van der Waals surface area contributed by atoms with E-state index in [1.54, 1.807) is 12.1 Å². The van der Waals surface area contributed by atoms with Gasteiger partial charge in [0.25, 0.3) is 0 Å². The van der Waals surface area contributed by atoms with E-state index in [2.05, 4.69) is 0 Å². The molecular formula is C22H26ClNO4. The summed E-state index contributed by atoms with van der Waals surface area (Å²) in [6.45, 7) is 3.43. The van der Waals surface area contributed by atoms with Gasteiger partial charge in [-0.25, -0.2) is 4.79 Å². The summed E-state index contributed by atoms with van der Waals surface area (Å²) in [6.07, 6.45) is 6.36. The number of nitrogens with zero attached hydrogens (tertiary/aromatic N) is 1. The van der Waals surface area contributed by atoms with Crippen molar-refractivity contribution in [3.8, 4) is 11.5 Å². The van der Waals surface area contributed by atoms with Crippen molar-refractivity contribution < 1.29 is 19.7 Å². The quantitative estimate of drug-likeness (QED) is 0.696. The highest BCUT2D eigenvalue weighted by Gasteiger charge is 2.21. The van der Waals surface area contributed by atoms with Crippen LogP contribution in [0.1, 0.15) is 66.1 Å². The first-order valence-corrected chi connectivity index (χ1v) is 10.1. The first-order chi connectivity index (χ1) is 13.4. The third kappa shape index (κ3) is 4.58. The van der Waals surface area contributed by atoms with Crippen LogP contribution in [0.3, 0.4) is 0 Å². The van der Waals surface area contributed by atoms with E-state index >= 15 is 0 Å². The number of carboxylic acid groups (broad SMARTS) is 1. The molecule has 28 heavy (non-hydrogen) atoms. The van der Waals surface area contributed by atoms with Gasteiger partial charge in [0.1, 0.15) is 11.5 Å². The van der Waals surface area contributed by atoms with E-state index < -0.39 is 12.6 Å². The summed E-state index contributed by atoms with van der Waals surface area (Å²) in [5.74, 6) is -0.0609. The van der Waals surface area contributed by atoms with E-state index in [0.717, 1.165) is 40.9 Å². The number of halogens is 1. The van der Waals surface area contributed by atoms with Crippen LogP contribution in [0, 0.1) is 13.8 Å². The fourth-order valence-electron chi connectivity index (χ4n) is 3.94. The SMILES string of the molecule is Cc1cc(OCC(=O)O)c(Cl)c(C)c1Cc1ccc(O)c(C2CCCCC2)n1. The molecule has 0 radical (unpaired) electrons. The van der Waals surface area contributed by atoms with Gasteiger partial charge < -0.3 is 14.9 Å². The van der Waals surface area contributed by atoms with Crippen molar-refractivity contribution in [3.63, 3.8) is 0 Å². The number of pyridine rings is 1. The van der Waals surface area contributed by atoms with Crippen molar-refractivity contribution in [2.75, 3.05) is 6.61 Å². The lowest BCUT2D eigenvalue weighted by atomic mass is 9.86. The maximum Gasteiger partial charge on any atom is 0.341 e. The lowest BCUT2D eigenvalue weighted by molar-refractivity contribution is -0.139. The van der Waals surface area contributed by atoms with E-state index in [4.69, 9.17) is 26.4 Å². The Morgan fingerprint density at radius 3 is 2.64 bits per heavy atom. The van der Waals surface area contributed by atoms with Crippen molar-refractivity contribution in [3.05, 3.63) is 51.3 Å². The maximum atomic E-state index is 10.8. The highest BCUT2D eigenvalue weighted by Crippen LogP contribution is 2.37. The third-order valence-electron chi connectivity index (χ3n) is 5.48. The van der Waals surface area contributed by atoms with Gasteiger partial charge in [-0.15, -0.1) is 0 Å². The first-order valence-electron chi connectivity index (χ1n) is 9.68. The monoisotopic (exact) mass is 403 g/mol. The number of ether oxygens (including phenoxy) is 1. The standard InChI is InChI=1S/C22H26ClNO4/c1-13-10-19(28-12-20(26)27)21(23)14(2)17(13)11-16-8-9-18(25)22(24-16)15-6-4-3-5-7-15/h8-10,15,25H,3-7,11-12H2,1-2H3,(H,26,27). The number of aromatic hydroxyl groups is 1. The van der Waals surface area contributed by atoms with Gasteiger partial charge in [-0.1, -0.05) is 30.9 Å². The molecule has 1 saturated carbocycles. The average Bonchev–Trinajstić information content (AvgIpc) is 2.68. The van der Waals surface area contributed by atoms with Gasteiger partial charge >= 0.3 is 5.97 Å². The zero-order valence-corrected chi connectivity index (χ0v) is 17.1. The van der Waals surface area contributed by atoms with Crippen molar-refractivity contribution in [1.82, 2.24) is 4.98 Å². The Balaban J connectivity index is 1.87. The lowest BCUT2D eigenvalue weighted by Crippen LogP contribution is -2.11. The smallest absolute Gasteiger partial charge is 0.341 e. The van der Waals surface area contributed by atoms with Crippen LogP contribution in [-0.2, 0) is 11.2 Å². The van der Waals surface area contributed by atoms with Crippen LogP contribution in [0.4, 0.5) is 0 Å². The molecule has 1 fully saturated rings. The Morgan fingerprint density at radius 1 is 1.25 bits per heavy atom. The number of carboxylic acids is 1. The Bertz CT molecular complexity index is 875. The number of benzene rings is 1. The van der Waals surface area contributed by atoms with Crippen LogP contribution < -0.4 is 4.74 Å². The minimum Gasteiger partial charge on any atom is -0.506 e. The van der Waals surface area contributed by atoms with Crippen molar-refractivity contribution in [1.29, 1.82) is 0 Å². The molecule has 0 atom stereocenters. The molecule has 5 nitrogen and oxygen atoms in total. The zero-order valence-electron chi connectivity index (χ0n) is 16.3. The van der Waals surface area contributed by atoms with Crippen LogP contribution in [0.2, 0.25) is 5.02 Å². The molecule has 1 aliphatic carbocycles. The molecule has 0 saturated heterocycles. The van der Waals surface area contributed by atoms with Gasteiger partial charge in [0, 0.05) is 18.0 Å². The predicted octanol–water partition coefficient (Wildman–Crippen LogP) is 5.16. The van der Waals surface area contributed by atoms with Crippen LogP contribution in [0.25, 0.3) is 0 Å². The summed E-state index contributed by atoms with van der Waals surface area (Å²) in [7, 11) is 0. The molecule has 0 aliphatic heterocycles. The fourth-order valence-corrected chi connectivity index (χ4v) is 4.17. The molecule has 1 aromatic heterocycles. The molecule has 3 rings (SSSR count). The Hall–Kier alpha value is -2.27. The summed E-state index contributed by atoms with van der Waals surface area (Å²) >= 11 is 6.42. The molecule has 2 N–H and O–H groups in total. The molecule has 0 unspecified atom stereocenters. The first kappa shape index (κ1) is 20.5. The molecule has 150 valence electrons. The van der Waals surface area contributed by atoms with Gasteiger partial charge in [0.05, 0.1) is 10.7 Å². The summed E-state index contributed by atoms with van der Waals surface area (Å²) < 4.78 is 5.30. The second kappa shape index (κ2) is 8.82. The number of aromatic nitrogens is 1. The van der Waals surface area contributed by atoms with Gasteiger partial charge in [-0.3, -0.25) is 4.98 Å². The number of hydrogen-bond acceptors (Lipinski definition) is 4. The van der Waals surface area contributed by atoms with E-state index in [0.29, 0.717) is 23.1 Å². The summed E-state index contributed by atoms with van der Waals surface area (Å²) in [5.41, 5.74) is 4.56. The molecule has 6 heteroatoms. The van der Waals surface area contributed by atoms with E-state index in [1.807, 2.05) is 19.9 Å². The van der Waals surface area contributed by atoms with Gasteiger partial charge in [0.2, 0.25) is 0 Å². The Labute approximate surface area is 170 Å². The number of aliphatic carboxylic acids is 1. The lowest BCUT2D eigenvalue weighted by Gasteiger charge is -2.22. The maximum absolute atomic E-state index is 10.8. The van der Waals surface area contributed by atoms with Crippen LogP contribution in [-0.4, -0.2) is 27.8 Å². The minimum absolute atomic E-state index is 0.277. The molecule has 1 aromatic carbocycles.